The summed E-state index contributed by atoms with van der Waals surface area (Å²) >= 11 is 0. The highest BCUT2D eigenvalue weighted by Crippen LogP contribution is 2.24. The second-order valence-corrected chi connectivity index (χ2v) is 7.64. The zero-order valence-corrected chi connectivity index (χ0v) is 16.8. The van der Waals surface area contributed by atoms with Crippen LogP contribution < -0.4 is 14.8 Å². The maximum Gasteiger partial charge on any atom is 0.410 e. The molecule has 1 heterocycles. The number of piperidine rings is 1. The third-order valence-electron chi connectivity index (χ3n) is 4.46. The summed E-state index contributed by atoms with van der Waals surface area (Å²) in [4.78, 5) is 26.3. The maximum absolute atomic E-state index is 12.5. The van der Waals surface area contributed by atoms with Crippen molar-refractivity contribution in [2.75, 3.05) is 27.3 Å². The summed E-state index contributed by atoms with van der Waals surface area (Å²) in [5.74, 6) is 1.30. The van der Waals surface area contributed by atoms with Crippen LogP contribution in [0.5, 0.6) is 11.5 Å². The van der Waals surface area contributed by atoms with Crippen LogP contribution in [-0.2, 0) is 16.1 Å². The summed E-state index contributed by atoms with van der Waals surface area (Å²) in [7, 11) is 3.20. The third kappa shape index (κ3) is 6.05. The molecule has 0 radical (unpaired) electrons. The molecule has 0 spiro atoms. The fourth-order valence-corrected chi connectivity index (χ4v) is 3.00. The van der Waals surface area contributed by atoms with Crippen molar-refractivity contribution in [1.82, 2.24) is 10.2 Å². The fourth-order valence-electron chi connectivity index (χ4n) is 3.00. The van der Waals surface area contributed by atoms with Crippen LogP contribution in [0.4, 0.5) is 4.79 Å². The molecule has 1 aromatic rings. The molecule has 1 aromatic carbocycles. The molecule has 150 valence electrons. The predicted molar refractivity (Wildman–Crippen MR) is 102 cm³/mol. The van der Waals surface area contributed by atoms with Gasteiger partial charge in [-0.2, -0.15) is 0 Å². The van der Waals surface area contributed by atoms with Gasteiger partial charge in [0.2, 0.25) is 5.91 Å². The van der Waals surface area contributed by atoms with Gasteiger partial charge in [-0.25, -0.2) is 4.79 Å². The molecule has 1 fully saturated rings. The van der Waals surface area contributed by atoms with E-state index in [1.54, 1.807) is 19.1 Å². The molecule has 1 aliphatic rings. The molecule has 1 aliphatic heterocycles. The molecule has 1 N–H and O–H groups in total. The van der Waals surface area contributed by atoms with E-state index in [1.807, 2.05) is 39.0 Å². The Morgan fingerprint density at radius 3 is 2.37 bits per heavy atom. The van der Waals surface area contributed by atoms with Crippen LogP contribution in [0.2, 0.25) is 0 Å². The van der Waals surface area contributed by atoms with Crippen molar-refractivity contribution < 1.29 is 23.8 Å². The molecule has 2 amide bonds. The molecular formula is C20H30N2O5. The maximum atomic E-state index is 12.5. The summed E-state index contributed by atoms with van der Waals surface area (Å²) in [6.45, 7) is 6.95. The molecule has 0 unspecified atom stereocenters. The van der Waals surface area contributed by atoms with E-state index in [2.05, 4.69) is 5.32 Å². The van der Waals surface area contributed by atoms with Crippen molar-refractivity contribution in [3.8, 4) is 11.5 Å². The quantitative estimate of drug-likeness (QED) is 0.852. The Kier molecular flexibility index (Phi) is 6.93. The molecule has 7 nitrogen and oxygen atoms in total. The van der Waals surface area contributed by atoms with Gasteiger partial charge < -0.3 is 24.4 Å². The molecule has 2 rings (SSSR count). The SMILES string of the molecule is COc1ccc(OC)c(CNC(=O)C2CCN(C(=O)OC(C)(C)C)CC2)c1. The van der Waals surface area contributed by atoms with Gasteiger partial charge in [0, 0.05) is 31.1 Å². The second-order valence-electron chi connectivity index (χ2n) is 7.64. The van der Waals surface area contributed by atoms with E-state index in [1.165, 1.54) is 0 Å². The first kappa shape index (κ1) is 20.9. The highest BCUT2D eigenvalue weighted by atomic mass is 16.6. The minimum Gasteiger partial charge on any atom is -0.497 e. The highest BCUT2D eigenvalue weighted by Gasteiger charge is 2.29. The number of ether oxygens (including phenoxy) is 3. The largest absolute Gasteiger partial charge is 0.497 e. The lowest BCUT2D eigenvalue weighted by Gasteiger charge is -2.33. The van der Waals surface area contributed by atoms with Crippen LogP contribution in [0.15, 0.2) is 18.2 Å². The zero-order valence-electron chi connectivity index (χ0n) is 16.8. The molecule has 0 saturated carbocycles. The first-order valence-electron chi connectivity index (χ1n) is 9.20. The second kappa shape index (κ2) is 8.97. The van der Waals surface area contributed by atoms with Gasteiger partial charge in [-0.05, 0) is 51.8 Å². The van der Waals surface area contributed by atoms with Crippen LogP contribution in [-0.4, -0.2) is 49.8 Å². The average molecular weight is 378 g/mol. The topological polar surface area (TPSA) is 77.1 Å². The minimum absolute atomic E-state index is 0.0105. The minimum atomic E-state index is -0.513. The lowest BCUT2D eigenvalue weighted by Crippen LogP contribution is -2.44. The van der Waals surface area contributed by atoms with Crippen LogP contribution in [0, 0.1) is 5.92 Å². The molecule has 7 heteroatoms. The Morgan fingerprint density at radius 2 is 1.81 bits per heavy atom. The van der Waals surface area contributed by atoms with Gasteiger partial charge in [0.05, 0.1) is 14.2 Å². The number of methoxy groups -OCH3 is 2. The summed E-state index contributed by atoms with van der Waals surface area (Å²) < 4.78 is 16.0. The predicted octanol–water partition coefficient (Wildman–Crippen LogP) is 2.97. The van der Waals surface area contributed by atoms with Gasteiger partial charge in [0.1, 0.15) is 17.1 Å². The Hall–Kier alpha value is -2.44. The molecule has 0 atom stereocenters. The van der Waals surface area contributed by atoms with E-state index in [9.17, 15) is 9.59 Å². The van der Waals surface area contributed by atoms with Crippen LogP contribution in [0.25, 0.3) is 0 Å². The van der Waals surface area contributed by atoms with Crippen LogP contribution in [0.1, 0.15) is 39.2 Å². The molecule has 0 aliphatic carbocycles. The van der Waals surface area contributed by atoms with Gasteiger partial charge >= 0.3 is 6.09 Å². The molecule has 0 bridgehead atoms. The smallest absolute Gasteiger partial charge is 0.410 e. The van der Waals surface area contributed by atoms with Crippen LogP contribution >= 0.6 is 0 Å². The van der Waals surface area contributed by atoms with E-state index < -0.39 is 5.60 Å². The summed E-state index contributed by atoms with van der Waals surface area (Å²) in [5.41, 5.74) is 0.345. The molecule has 1 saturated heterocycles. The molecular weight excluding hydrogens is 348 g/mol. The highest BCUT2D eigenvalue weighted by molar-refractivity contribution is 5.79. The summed E-state index contributed by atoms with van der Waals surface area (Å²) in [6, 6.07) is 5.49. The number of nitrogens with one attached hydrogen (secondary N) is 1. The lowest BCUT2D eigenvalue weighted by atomic mass is 9.96. The Bertz CT molecular complexity index is 661. The zero-order chi connectivity index (χ0) is 20.0. The molecule has 0 aromatic heterocycles. The van der Waals surface area contributed by atoms with Crippen molar-refractivity contribution in [1.29, 1.82) is 0 Å². The summed E-state index contributed by atoms with van der Waals surface area (Å²) in [6.07, 6.45) is 0.933. The third-order valence-corrected chi connectivity index (χ3v) is 4.46. The number of nitrogens with zero attached hydrogens (tertiary/aromatic N) is 1. The van der Waals surface area contributed by atoms with Gasteiger partial charge in [0.15, 0.2) is 0 Å². The number of carbonyl (C=O) groups is 2. The van der Waals surface area contributed by atoms with Crippen molar-refractivity contribution in [3.05, 3.63) is 23.8 Å². The average Bonchev–Trinajstić information content (AvgIpc) is 2.64. The number of hydrogen-bond acceptors (Lipinski definition) is 5. The number of carbonyl (C=O) groups excluding carboxylic acids is 2. The van der Waals surface area contributed by atoms with E-state index >= 15 is 0 Å². The van der Waals surface area contributed by atoms with Crippen molar-refractivity contribution in [2.45, 2.75) is 45.8 Å². The number of benzene rings is 1. The van der Waals surface area contributed by atoms with E-state index in [0.29, 0.717) is 44.0 Å². The Labute approximate surface area is 161 Å². The van der Waals surface area contributed by atoms with Crippen LogP contribution in [0.3, 0.4) is 0 Å². The number of rotatable bonds is 5. The molecule has 27 heavy (non-hydrogen) atoms. The fraction of sp³-hybridized carbons (Fsp3) is 0.600. The monoisotopic (exact) mass is 378 g/mol. The number of hydrogen-bond donors (Lipinski definition) is 1. The Balaban J connectivity index is 1.85. The van der Waals surface area contributed by atoms with Gasteiger partial charge in [0.25, 0.3) is 0 Å². The first-order valence-corrected chi connectivity index (χ1v) is 9.20. The Morgan fingerprint density at radius 1 is 1.15 bits per heavy atom. The van der Waals surface area contributed by atoms with E-state index in [0.717, 1.165) is 5.56 Å². The van der Waals surface area contributed by atoms with Gasteiger partial charge in [-0.15, -0.1) is 0 Å². The lowest BCUT2D eigenvalue weighted by molar-refractivity contribution is -0.126. The first-order chi connectivity index (χ1) is 12.7. The summed E-state index contributed by atoms with van der Waals surface area (Å²) in [5, 5.41) is 2.97. The van der Waals surface area contributed by atoms with E-state index in [4.69, 9.17) is 14.2 Å². The number of likely N-dealkylation sites (tertiary alicyclic amines) is 1. The van der Waals surface area contributed by atoms with Gasteiger partial charge in [-0.1, -0.05) is 0 Å². The van der Waals surface area contributed by atoms with Gasteiger partial charge in [-0.3, -0.25) is 4.79 Å². The normalized spacial score (nSPS) is 15.2. The van der Waals surface area contributed by atoms with E-state index in [-0.39, 0.29) is 17.9 Å². The van der Waals surface area contributed by atoms with Crippen molar-refractivity contribution in [3.63, 3.8) is 0 Å². The van der Waals surface area contributed by atoms with Crippen molar-refractivity contribution >= 4 is 12.0 Å². The number of amides is 2. The standard InChI is InChI=1S/C20H30N2O5/c1-20(2,3)27-19(24)22-10-8-14(9-11-22)18(23)21-13-15-12-16(25-4)6-7-17(15)26-5/h6-7,12,14H,8-11,13H2,1-5H3,(H,21,23). The van der Waals surface area contributed by atoms with Crippen molar-refractivity contribution in [2.24, 2.45) is 5.92 Å².